The van der Waals surface area contributed by atoms with Gasteiger partial charge in [-0.05, 0) is 45.0 Å². The van der Waals surface area contributed by atoms with E-state index in [-0.39, 0.29) is 23.6 Å². The van der Waals surface area contributed by atoms with E-state index in [2.05, 4.69) is 30.7 Å². The van der Waals surface area contributed by atoms with Gasteiger partial charge in [0.1, 0.15) is 5.75 Å². The molecule has 1 fully saturated rings. The fourth-order valence-corrected chi connectivity index (χ4v) is 3.16. The number of benzene rings is 1. The maximum Gasteiger partial charge on any atom is 0.251 e. The zero-order valence-corrected chi connectivity index (χ0v) is 18.1. The fourth-order valence-electron chi connectivity index (χ4n) is 3.16. The summed E-state index contributed by atoms with van der Waals surface area (Å²) >= 11 is 0. The second-order valence-corrected chi connectivity index (χ2v) is 7.52. The molecule has 1 aliphatic heterocycles. The van der Waals surface area contributed by atoms with Crippen LogP contribution in [0.2, 0.25) is 0 Å². The molecule has 0 aromatic heterocycles. The van der Waals surface area contributed by atoms with Crippen molar-refractivity contribution in [2.24, 2.45) is 4.99 Å². The number of guanidine groups is 1. The number of aromatic hydroxyl groups is 1. The minimum absolute atomic E-state index is 0.0587. The van der Waals surface area contributed by atoms with Crippen LogP contribution in [0.3, 0.4) is 0 Å². The van der Waals surface area contributed by atoms with Crippen LogP contribution in [-0.2, 0) is 4.79 Å². The first kappa shape index (κ1) is 23.5. The van der Waals surface area contributed by atoms with E-state index in [1.807, 2.05) is 20.8 Å². The summed E-state index contributed by atoms with van der Waals surface area (Å²) in [6, 6.07) is 6.30. The molecule has 4 N–H and O–H groups in total. The van der Waals surface area contributed by atoms with Crippen molar-refractivity contribution >= 4 is 17.8 Å². The third kappa shape index (κ3) is 7.90. The molecule has 1 aromatic rings. The monoisotopic (exact) mass is 418 g/mol. The summed E-state index contributed by atoms with van der Waals surface area (Å²) in [5.74, 6) is 0.821. The van der Waals surface area contributed by atoms with E-state index in [0.29, 0.717) is 25.2 Å². The van der Waals surface area contributed by atoms with Crippen LogP contribution in [0.4, 0.5) is 0 Å². The highest BCUT2D eigenvalue weighted by Crippen LogP contribution is 2.09. The molecule has 0 bridgehead atoms. The van der Waals surface area contributed by atoms with Crippen molar-refractivity contribution in [1.82, 2.24) is 25.8 Å². The average molecular weight is 419 g/mol. The Morgan fingerprint density at radius 1 is 1.10 bits per heavy atom. The van der Waals surface area contributed by atoms with Gasteiger partial charge in [-0.25, -0.2) is 0 Å². The van der Waals surface area contributed by atoms with Crippen LogP contribution in [0, 0.1) is 0 Å². The molecule has 0 spiro atoms. The third-order valence-corrected chi connectivity index (χ3v) is 4.61. The molecule has 0 saturated carbocycles. The lowest BCUT2D eigenvalue weighted by atomic mass is 10.2. The molecular weight excluding hydrogens is 384 g/mol. The average Bonchev–Trinajstić information content (AvgIpc) is 2.70. The molecule has 0 radical (unpaired) electrons. The molecule has 166 valence electrons. The lowest BCUT2D eigenvalue weighted by Crippen LogP contribution is -2.54. The van der Waals surface area contributed by atoms with Gasteiger partial charge in [0.05, 0.1) is 13.1 Å². The molecule has 9 nitrogen and oxygen atoms in total. The highest BCUT2D eigenvalue weighted by molar-refractivity contribution is 5.94. The van der Waals surface area contributed by atoms with E-state index in [4.69, 9.17) is 0 Å². The van der Waals surface area contributed by atoms with Gasteiger partial charge in [-0.2, -0.15) is 0 Å². The van der Waals surface area contributed by atoms with Crippen LogP contribution in [0.15, 0.2) is 29.3 Å². The van der Waals surface area contributed by atoms with Gasteiger partial charge in [-0.1, -0.05) is 0 Å². The highest BCUT2D eigenvalue weighted by atomic mass is 16.3. The lowest BCUT2D eigenvalue weighted by Gasteiger charge is -2.36. The maximum absolute atomic E-state index is 12.1. The molecule has 2 rings (SSSR count). The van der Waals surface area contributed by atoms with Crippen LogP contribution in [0.25, 0.3) is 0 Å². The molecule has 1 saturated heterocycles. The molecule has 1 heterocycles. The van der Waals surface area contributed by atoms with Crippen molar-refractivity contribution < 1.29 is 14.7 Å². The largest absolute Gasteiger partial charge is 0.508 e. The molecule has 0 aliphatic carbocycles. The van der Waals surface area contributed by atoms with Crippen molar-refractivity contribution in [2.75, 3.05) is 52.4 Å². The number of rotatable bonds is 8. The van der Waals surface area contributed by atoms with Crippen molar-refractivity contribution in [3.63, 3.8) is 0 Å². The van der Waals surface area contributed by atoms with Crippen LogP contribution in [-0.4, -0.2) is 91.1 Å². The summed E-state index contributed by atoms with van der Waals surface area (Å²) in [7, 11) is 0. The van der Waals surface area contributed by atoms with E-state index in [1.54, 1.807) is 12.1 Å². The number of carbonyl (C=O) groups is 2. The van der Waals surface area contributed by atoms with Gasteiger partial charge >= 0.3 is 0 Å². The van der Waals surface area contributed by atoms with Gasteiger partial charge in [0.25, 0.3) is 5.91 Å². The van der Waals surface area contributed by atoms with Gasteiger partial charge in [-0.15, -0.1) is 0 Å². The molecule has 1 aliphatic rings. The summed E-state index contributed by atoms with van der Waals surface area (Å²) in [4.78, 5) is 33.0. The standard InChI is InChI=1S/C21H34N6O3/c1-4-22-21(24-10-9-23-20(30)17-5-7-18(28)8-6-17)27-13-11-26(12-14-27)15-19(29)25-16(2)3/h5-8,16,28H,4,9-15H2,1-3H3,(H,22,24)(H,23,30)(H,25,29). The Hall–Kier alpha value is -2.81. The molecule has 1 aromatic carbocycles. The first-order valence-corrected chi connectivity index (χ1v) is 10.5. The number of phenols is 1. The minimum Gasteiger partial charge on any atom is -0.508 e. The Morgan fingerprint density at radius 3 is 2.37 bits per heavy atom. The topological polar surface area (TPSA) is 109 Å². The number of phenolic OH excluding ortho intramolecular Hbond substituents is 1. The van der Waals surface area contributed by atoms with Crippen molar-refractivity contribution in [1.29, 1.82) is 0 Å². The summed E-state index contributed by atoms with van der Waals surface area (Å²) in [6.07, 6.45) is 0. The van der Waals surface area contributed by atoms with Crippen LogP contribution in [0.5, 0.6) is 5.75 Å². The zero-order chi connectivity index (χ0) is 21.9. The molecule has 2 amide bonds. The summed E-state index contributed by atoms with van der Waals surface area (Å²) < 4.78 is 0. The lowest BCUT2D eigenvalue weighted by molar-refractivity contribution is -0.123. The van der Waals surface area contributed by atoms with E-state index in [0.717, 1.165) is 38.7 Å². The predicted molar refractivity (Wildman–Crippen MR) is 118 cm³/mol. The number of hydrogen-bond acceptors (Lipinski definition) is 5. The Balaban J connectivity index is 1.78. The first-order valence-electron chi connectivity index (χ1n) is 10.5. The van der Waals surface area contributed by atoms with E-state index in [9.17, 15) is 14.7 Å². The SMILES string of the molecule is CCNC(=NCCNC(=O)c1ccc(O)cc1)N1CCN(CC(=O)NC(C)C)CC1. The number of aliphatic imine (C=N–C) groups is 1. The van der Waals surface area contributed by atoms with Gasteiger partial charge < -0.3 is 26.0 Å². The summed E-state index contributed by atoms with van der Waals surface area (Å²) in [5, 5.41) is 18.4. The van der Waals surface area contributed by atoms with Crippen LogP contribution in [0.1, 0.15) is 31.1 Å². The molecule has 0 atom stereocenters. The third-order valence-electron chi connectivity index (χ3n) is 4.61. The number of amides is 2. The summed E-state index contributed by atoms with van der Waals surface area (Å²) in [6.45, 7) is 11.2. The van der Waals surface area contributed by atoms with E-state index >= 15 is 0 Å². The van der Waals surface area contributed by atoms with Crippen LogP contribution >= 0.6 is 0 Å². The van der Waals surface area contributed by atoms with Gasteiger partial charge in [-0.3, -0.25) is 19.5 Å². The minimum atomic E-state index is -0.191. The quantitative estimate of drug-likeness (QED) is 0.273. The van der Waals surface area contributed by atoms with E-state index in [1.165, 1.54) is 12.1 Å². The van der Waals surface area contributed by atoms with E-state index < -0.39 is 0 Å². The number of hydrogen-bond donors (Lipinski definition) is 4. The predicted octanol–water partition coefficient (Wildman–Crippen LogP) is 0.230. The molecule has 30 heavy (non-hydrogen) atoms. The number of piperazine rings is 1. The summed E-state index contributed by atoms with van der Waals surface area (Å²) in [5.41, 5.74) is 0.501. The van der Waals surface area contributed by atoms with Gasteiger partial charge in [0.2, 0.25) is 5.91 Å². The number of nitrogens with zero attached hydrogens (tertiary/aromatic N) is 3. The molecule has 0 unspecified atom stereocenters. The highest BCUT2D eigenvalue weighted by Gasteiger charge is 2.21. The fraction of sp³-hybridized carbons (Fsp3) is 0.571. The smallest absolute Gasteiger partial charge is 0.251 e. The second-order valence-electron chi connectivity index (χ2n) is 7.52. The Kier molecular flexibility index (Phi) is 9.40. The Labute approximate surface area is 178 Å². The van der Waals surface area contributed by atoms with Crippen LogP contribution < -0.4 is 16.0 Å². The Bertz CT molecular complexity index is 712. The normalized spacial score (nSPS) is 15.2. The zero-order valence-electron chi connectivity index (χ0n) is 18.1. The Morgan fingerprint density at radius 2 is 1.77 bits per heavy atom. The molecular formula is C21H34N6O3. The van der Waals surface area contributed by atoms with Gasteiger partial charge in [0.15, 0.2) is 5.96 Å². The van der Waals surface area contributed by atoms with Gasteiger partial charge in [0, 0.05) is 50.9 Å². The maximum atomic E-state index is 12.1. The molecule has 9 heteroatoms. The van der Waals surface area contributed by atoms with Crippen molar-refractivity contribution in [3.05, 3.63) is 29.8 Å². The van der Waals surface area contributed by atoms with Crippen molar-refractivity contribution in [2.45, 2.75) is 26.8 Å². The first-order chi connectivity index (χ1) is 14.4. The number of nitrogens with one attached hydrogen (secondary N) is 3. The second kappa shape index (κ2) is 12.0. The number of carbonyl (C=O) groups excluding carboxylic acids is 2. The van der Waals surface area contributed by atoms with Crippen molar-refractivity contribution in [3.8, 4) is 5.75 Å².